The molecule has 3 aromatic rings. The molecule has 29 heavy (non-hydrogen) atoms. The van der Waals surface area contributed by atoms with E-state index in [9.17, 15) is 14.0 Å². The maximum absolute atomic E-state index is 14.0. The van der Waals surface area contributed by atoms with Crippen molar-refractivity contribution < 1.29 is 14.0 Å². The highest BCUT2D eigenvalue weighted by molar-refractivity contribution is 6.22. The Balaban J connectivity index is 1.34. The second kappa shape index (κ2) is 6.85. The molecule has 0 bridgehead atoms. The van der Waals surface area contributed by atoms with Crippen molar-refractivity contribution in [1.82, 2.24) is 4.90 Å². The number of para-hydroxylation sites is 1. The van der Waals surface area contributed by atoms with Crippen LogP contribution in [0.2, 0.25) is 0 Å². The molecule has 0 spiro atoms. The molecule has 144 valence electrons. The van der Waals surface area contributed by atoms with Gasteiger partial charge < -0.3 is 9.80 Å². The monoisotopic (exact) mass is 386 g/mol. The number of anilines is 1. The standard InChI is InChI=1S/C24H19FN2O2/c25-21-7-3-4-8-22(21)26-11-13-27(14-12-26)24(29)16-9-10-18-17-5-1-2-6-19(17)23(28)20(18)15-16/h1-10,15H,11-14H2. The summed E-state index contributed by atoms with van der Waals surface area (Å²) in [6, 6.07) is 19.6. The maximum atomic E-state index is 14.0. The van der Waals surface area contributed by atoms with E-state index in [1.165, 1.54) is 6.07 Å². The third-order valence-electron chi connectivity index (χ3n) is 5.73. The molecule has 1 amide bonds. The highest BCUT2D eigenvalue weighted by Crippen LogP contribution is 2.36. The minimum Gasteiger partial charge on any atom is -0.366 e. The van der Waals surface area contributed by atoms with E-state index in [2.05, 4.69) is 0 Å². The highest BCUT2D eigenvalue weighted by atomic mass is 19.1. The van der Waals surface area contributed by atoms with Crippen LogP contribution in [0, 0.1) is 5.82 Å². The summed E-state index contributed by atoms with van der Waals surface area (Å²) in [5, 5.41) is 0. The predicted molar refractivity (Wildman–Crippen MR) is 110 cm³/mol. The van der Waals surface area contributed by atoms with Gasteiger partial charge in [-0.05, 0) is 35.4 Å². The zero-order valence-corrected chi connectivity index (χ0v) is 15.8. The van der Waals surface area contributed by atoms with E-state index >= 15 is 0 Å². The molecule has 1 aliphatic carbocycles. The molecule has 4 nitrogen and oxygen atoms in total. The van der Waals surface area contributed by atoms with Crippen LogP contribution < -0.4 is 4.90 Å². The zero-order chi connectivity index (χ0) is 20.0. The van der Waals surface area contributed by atoms with E-state index in [0.29, 0.717) is 48.6 Å². The number of ketones is 1. The molecule has 1 saturated heterocycles. The molecule has 1 fully saturated rings. The molecule has 0 saturated carbocycles. The zero-order valence-electron chi connectivity index (χ0n) is 15.8. The van der Waals surface area contributed by atoms with Crippen molar-refractivity contribution in [3.63, 3.8) is 0 Å². The Hall–Kier alpha value is -3.47. The average molecular weight is 386 g/mol. The van der Waals surface area contributed by atoms with E-state index in [-0.39, 0.29) is 17.5 Å². The number of nitrogens with zero attached hydrogens (tertiary/aromatic N) is 2. The lowest BCUT2D eigenvalue weighted by atomic mass is 10.0. The molecule has 5 rings (SSSR count). The van der Waals surface area contributed by atoms with E-state index in [0.717, 1.165) is 11.1 Å². The lowest BCUT2D eigenvalue weighted by Crippen LogP contribution is -2.49. The largest absolute Gasteiger partial charge is 0.366 e. The van der Waals surface area contributed by atoms with Crippen LogP contribution in [0.25, 0.3) is 11.1 Å². The van der Waals surface area contributed by atoms with Gasteiger partial charge in [0.1, 0.15) is 5.82 Å². The lowest BCUT2D eigenvalue weighted by molar-refractivity contribution is 0.0746. The summed E-state index contributed by atoms with van der Waals surface area (Å²) in [4.78, 5) is 29.4. The third-order valence-corrected chi connectivity index (χ3v) is 5.73. The van der Waals surface area contributed by atoms with Crippen LogP contribution in [-0.2, 0) is 0 Å². The van der Waals surface area contributed by atoms with Crippen LogP contribution in [0.1, 0.15) is 26.3 Å². The second-order valence-electron chi connectivity index (χ2n) is 7.37. The number of amides is 1. The number of benzene rings is 3. The van der Waals surface area contributed by atoms with E-state index in [1.807, 2.05) is 41.3 Å². The summed E-state index contributed by atoms with van der Waals surface area (Å²) in [5.41, 5.74) is 4.16. The van der Waals surface area contributed by atoms with Gasteiger partial charge in [-0.1, -0.05) is 42.5 Å². The van der Waals surface area contributed by atoms with Gasteiger partial charge in [0.2, 0.25) is 0 Å². The van der Waals surface area contributed by atoms with Gasteiger partial charge in [0, 0.05) is 42.9 Å². The summed E-state index contributed by atoms with van der Waals surface area (Å²) in [6.45, 7) is 2.17. The van der Waals surface area contributed by atoms with Crippen molar-refractivity contribution in [3.05, 3.63) is 89.2 Å². The summed E-state index contributed by atoms with van der Waals surface area (Å²) in [5.74, 6) is -0.372. The van der Waals surface area contributed by atoms with Crippen LogP contribution in [0.5, 0.6) is 0 Å². The predicted octanol–water partition coefficient (Wildman–Crippen LogP) is 4.00. The first-order valence-electron chi connectivity index (χ1n) is 9.70. The van der Waals surface area contributed by atoms with Gasteiger partial charge in [-0.3, -0.25) is 9.59 Å². The Morgan fingerprint density at radius 1 is 0.759 bits per heavy atom. The third kappa shape index (κ3) is 2.90. The topological polar surface area (TPSA) is 40.6 Å². The Labute approximate surface area is 168 Å². The molecule has 0 radical (unpaired) electrons. The number of piperazine rings is 1. The SMILES string of the molecule is O=C1c2ccccc2-c2ccc(C(=O)N3CCN(c4ccccc4F)CC3)cc21. The Kier molecular flexibility index (Phi) is 4.16. The van der Waals surface area contributed by atoms with Crippen molar-refractivity contribution in [3.8, 4) is 11.1 Å². The van der Waals surface area contributed by atoms with Gasteiger partial charge in [-0.2, -0.15) is 0 Å². The van der Waals surface area contributed by atoms with E-state index in [4.69, 9.17) is 0 Å². The van der Waals surface area contributed by atoms with Crippen molar-refractivity contribution >= 4 is 17.4 Å². The molecule has 1 aliphatic heterocycles. The summed E-state index contributed by atoms with van der Waals surface area (Å²) in [7, 11) is 0. The summed E-state index contributed by atoms with van der Waals surface area (Å²) in [6.07, 6.45) is 0. The molecular weight excluding hydrogens is 367 g/mol. The number of fused-ring (bicyclic) bond motifs is 3. The van der Waals surface area contributed by atoms with Crippen molar-refractivity contribution in [2.45, 2.75) is 0 Å². The first kappa shape index (κ1) is 17.6. The number of hydrogen-bond acceptors (Lipinski definition) is 3. The maximum Gasteiger partial charge on any atom is 0.253 e. The number of rotatable bonds is 2. The van der Waals surface area contributed by atoms with E-state index < -0.39 is 0 Å². The Bertz CT molecular complexity index is 1130. The number of hydrogen-bond donors (Lipinski definition) is 0. The fourth-order valence-electron chi connectivity index (χ4n) is 4.20. The lowest BCUT2D eigenvalue weighted by Gasteiger charge is -2.36. The molecule has 0 unspecified atom stereocenters. The Morgan fingerprint density at radius 3 is 2.17 bits per heavy atom. The molecule has 0 atom stereocenters. The van der Waals surface area contributed by atoms with Crippen LogP contribution in [0.4, 0.5) is 10.1 Å². The molecular formula is C24H19FN2O2. The molecule has 3 aromatic carbocycles. The van der Waals surface area contributed by atoms with Gasteiger partial charge in [0.05, 0.1) is 5.69 Å². The average Bonchev–Trinajstić information content (AvgIpc) is 3.06. The van der Waals surface area contributed by atoms with Gasteiger partial charge in [0.25, 0.3) is 5.91 Å². The number of carbonyl (C=O) groups is 2. The minimum atomic E-state index is -0.246. The van der Waals surface area contributed by atoms with Crippen molar-refractivity contribution in [1.29, 1.82) is 0 Å². The Morgan fingerprint density at radius 2 is 1.41 bits per heavy atom. The molecule has 0 N–H and O–H groups in total. The first-order valence-corrected chi connectivity index (χ1v) is 9.70. The first-order chi connectivity index (χ1) is 14.1. The molecule has 1 heterocycles. The summed E-state index contributed by atoms with van der Waals surface area (Å²) < 4.78 is 14.0. The summed E-state index contributed by atoms with van der Waals surface area (Å²) >= 11 is 0. The van der Waals surface area contributed by atoms with Crippen LogP contribution in [0.15, 0.2) is 66.7 Å². The van der Waals surface area contributed by atoms with Gasteiger partial charge in [-0.15, -0.1) is 0 Å². The normalized spacial score (nSPS) is 15.3. The fraction of sp³-hybridized carbons (Fsp3) is 0.167. The minimum absolute atomic E-state index is 0.0328. The highest BCUT2D eigenvalue weighted by Gasteiger charge is 2.29. The van der Waals surface area contributed by atoms with Gasteiger partial charge >= 0.3 is 0 Å². The fourth-order valence-corrected chi connectivity index (χ4v) is 4.20. The van der Waals surface area contributed by atoms with Gasteiger partial charge in [0.15, 0.2) is 5.78 Å². The van der Waals surface area contributed by atoms with Crippen LogP contribution >= 0.6 is 0 Å². The quantitative estimate of drug-likeness (QED) is 0.523. The van der Waals surface area contributed by atoms with Crippen LogP contribution in [-0.4, -0.2) is 42.8 Å². The molecule has 2 aliphatic rings. The smallest absolute Gasteiger partial charge is 0.253 e. The van der Waals surface area contributed by atoms with Crippen molar-refractivity contribution in [2.75, 3.05) is 31.1 Å². The molecule has 0 aromatic heterocycles. The number of carbonyl (C=O) groups excluding carboxylic acids is 2. The van der Waals surface area contributed by atoms with E-state index in [1.54, 1.807) is 29.2 Å². The van der Waals surface area contributed by atoms with Crippen LogP contribution in [0.3, 0.4) is 0 Å². The molecule has 5 heteroatoms. The van der Waals surface area contributed by atoms with Crippen molar-refractivity contribution in [2.24, 2.45) is 0 Å². The second-order valence-corrected chi connectivity index (χ2v) is 7.37. The van der Waals surface area contributed by atoms with Gasteiger partial charge in [-0.25, -0.2) is 4.39 Å². The number of halogens is 1.